The summed E-state index contributed by atoms with van der Waals surface area (Å²) in [6, 6.07) is 2.88. The van der Waals surface area contributed by atoms with E-state index in [1.54, 1.807) is 6.92 Å². The van der Waals surface area contributed by atoms with E-state index in [-0.39, 0.29) is 16.8 Å². The van der Waals surface area contributed by atoms with Crippen molar-refractivity contribution >= 4 is 23.6 Å². The van der Waals surface area contributed by atoms with Gasteiger partial charge in [0.05, 0.1) is 18.4 Å². The van der Waals surface area contributed by atoms with Crippen molar-refractivity contribution in [2.45, 2.75) is 26.6 Å². The molecule has 0 aliphatic carbocycles. The number of rotatable bonds is 4. The fourth-order valence-corrected chi connectivity index (χ4v) is 2.13. The molecule has 24 heavy (non-hydrogen) atoms. The Morgan fingerprint density at radius 1 is 1.25 bits per heavy atom. The van der Waals surface area contributed by atoms with Crippen LogP contribution >= 0.6 is 0 Å². The van der Waals surface area contributed by atoms with Crippen molar-refractivity contribution in [3.8, 4) is 5.75 Å². The van der Waals surface area contributed by atoms with Crippen LogP contribution in [-0.4, -0.2) is 35.9 Å². The Balaban J connectivity index is 2.35. The maximum atomic E-state index is 11.9. The van der Waals surface area contributed by atoms with Crippen LogP contribution < -0.4 is 10.1 Å². The summed E-state index contributed by atoms with van der Waals surface area (Å²) in [5.41, 5.74) is 0.434. The minimum Gasteiger partial charge on any atom is -0.496 e. The molecular formula is C16H17NO7. The van der Waals surface area contributed by atoms with Gasteiger partial charge in [-0.1, -0.05) is 0 Å². The molecule has 1 aromatic carbocycles. The molecule has 0 bridgehead atoms. The Morgan fingerprint density at radius 3 is 2.33 bits per heavy atom. The first-order valence-electron chi connectivity index (χ1n) is 7.00. The number of methoxy groups -OCH3 is 1. The lowest BCUT2D eigenvalue weighted by Gasteiger charge is -2.29. The first kappa shape index (κ1) is 17.3. The molecule has 0 saturated carbocycles. The number of hydrogen-bond donors (Lipinski definition) is 2. The first-order chi connectivity index (χ1) is 11.1. The molecule has 0 spiro atoms. The van der Waals surface area contributed by atoms with Gasteiger partial charge in [-0.15, -0.1) is 0 Å². The summed E-state index contributed by atoms with van der Waals surface area (Å²) in [6.45, 7) is 4.60. The standard InChI is InChI=1S/C16H17NO7/c1-8-5-11(9(13(18)19)6-12(8)22-4)17-7-10-14(20)23-16(2,3)24-15(10)21/h5-7,17H,1-4H3,(H,18,19). The third kappa shape index (κ3) is 3.48. The lowest BCUT2D eigenvalue weighted by atomic mass is 10.1. The van der Waals surface area contributed by atoms with Gasteiger partial charge in [0.2, 0.25) is 0 Å². The minimum atomic E-state index is -1.34. The van der Waals surface area contributed by atoms with Crippen molar-refractivity contribution in [1.82, 2.24) is 0 Å². The number of carbonyl (C=O) groups excluding carboxylic acids is 2. The van der Waals surface area contributed by atoms with Crippen molar-refractivity contribution in [2.24, 2.45) is 0 Å². The van der Waals surface area contributed by atoms with Gasteiger partial charge in [-0.05, 0) is 24.6 Å². The van der Waals surface area contributed by atoms with E-state index < -0.39 is 23.7 Å². The van der Waals surface area contributed by atoms with Crippen LogP contribution in [0.25, 0.3) is 0 Å². The fourth-order valence-electron chi connectivity index (χ4n) is 2.13. The number of carboxylic acids is 1. The summed E-state index contributed by atoms with van der Waals surface area (Å²) >= 11 is 0. The fraction of sp³-hybridized carbons (Fsp3) is 0.312. The van der Waals surface area contributed by atoms with Crippen LogP contribution in [0.1, 0.15) is 29.8 Å². The average molecular weight is 335 g/mol. The molecule has 128 valence electrons. The van der Waals surface area contributed by atoms with Gasteiger partial charge in [0, 0.05) is 20.0 Å². The van der Waals surface area contributed by atoms with Crippen LogP contribution in [0.4, 0.5) is 5.69 Å². The van der Waals surface area contributed by atoms with Gasteiger partial charge < -0.3 is 24.6 Å². The Morgan fingerprint density at radius 2 is 1.83 bits per heavy atom. The minimum absolute atomic E-state index is 0.0767. The van der Waals surface area contributed by atoms with E-state index >= 15 is 0 Å². The van der Waals surface area contributed by atoms with E-state index in [1.807, 2.05) is 0 Å². The zero-order chi connectivity index (χ0) is 18.1. The monoisotopic (exact) mass is 335 g/mol. The summed E-state index contributed by atoms with van der Waals surface area (Å²) in [4.78, 5) is 35.1. The SMILES string of the molecule is COc1cc(C(=O)O)c(NC=C2C(=O)OC(C)(C)OC2=O)cc1C. The molecule has 0 amide bonds. The Labute approximate surface area is 138 Å². The van der Waals surface area contributed by atoms with E-state index in [1.165, 1.54) is 33.1 Å². The largest absolute Gasteiger partial charge is 0.496 e. The number of nitrogens with one attached hydrogen (secondary N) is 1. The van der Waals surface area contributed by atoms with Crippen molar-refractivity contribution in [2.75, 3.05) is 12.4 Å². The predicted octanol–water partition coefficient (Wildman–Crippen LogP) is 1.83. The number of ether oxygens (including phenoxy) is 3. The molecule has 0 aromatic heterocycles. The van der Waals surface area contributed by atoms with E-state index in [9.17, 15) is 19.5 Å². The van der Waals surface area contributed by atoms with Gasteiger partial charge in [0.25, 0.3) is 5.79 Å². The van der Waals surface area contributed by atoms with Crippen LogP contribution in [0, 0.1) is 6.92 Å². The van der Waals surface area contributed by atoms with E-state index in [0.29, 0.717) is 11.3 Å². The van der Waals surface area contributed by atoms with Gasteiger partial charge in [0.15, 0.2) is 5.57 Å². The molecular weight excluding hydrogens is 318 g/mol. The van der Waals surface area contributed by atoms with E-state index in [4.69, 9.17) is 14.2 Å². The molecule has 1 aromatic rings. The molecule has 1 saturated heterocycles. The smallest absolute Gasteiger partial charge is 0.350 e. The Kier molecular flexibility index (Phi) is 4.50. The zero-order valence-corrected chi connectivity index (χ0v) is 13.6. The summed E-state index contributed by atoms with van der Waals surface area (Å²) in [6.07, 6.45) is 1.06. The Hall–Kier alpha value is -3.03. The second kappa shape index (κ2) is 6.23. The highest BCUT2D eigenvalue weighted by molar-refractivity contribution is 6.15. The highest BCUT2D eigenvalue weighted by atomic mass is 16.7. The maximum absolute atomic E-state index is 11.9. The number of carbonyl (C=O) groups is 3. The molecule has 8 heteroatoms. The quantitative estimate of drug-likeness (QED) is 0.487. The molecule has 8 nitrogen and oxygen atoms in total. The number of cyclic esters (lactones) is 2. The number of esters is 2. The van der Waals surface area contributed by atoms with Gasteiger partial charge >= 0.3 is 17.9 Å². The number of aromatic carboxylic acids is 1. The van der Waals surface area contributed by atoms with Gasteiger partial charge in [-0.25, -0.2) is 14.4 Å². The highest BCUT2D eigenvalue weighted by Crippen LogP contribution is 2.28. The molecule has 0 atom stereocenters. The molecule has 1 aliphatic rings. The number of hydrogen-bond acceptors (Lipinski definition) is 7. The summed E-state index contributed by atoms with van der Waals surface area (Å²) < 4.78 is 15.0. The van der Waals surface area contributed by atoms with Crippen molar-refractivity contribution in [1.29, 1.82) is 0 Å². The van der Waals surface area contributed by atoms with Crippen molar-refractivity contribution < 1.29 is 33.7 Å². The molecule has 1 aliphatic heterocycles. The molecule has 1 heterocycles. The number of benzene rings is 1. The van der Waals surface area contributed by atoms with Gasteiger partial charge in [0.1, 0.15) is 5.75 Å². The highest BCUT2D eigenvalue weighted by Gasteiger charge is 2.39. The van der Waals surface area contributed by atoms with E-state index in [2.05, 4.69) is 5.32 Å². The molecule has 0 radical (unpaired) electrons. The molecule has 2 N–H and O–H groups in total. The number of carboxylic acid groups (broad SMARTS) is 1. The van der Waals surface area contributed by atoms with Crippen LogP contribution in [0.15, 0.2) is 23.9 Å². The molecule has 1 fully saturated rings. The second-order valence-electron chi connectivity index (χ2n) is 5.55. The van der Waals surface area contributed by atoms with Crippen molar-refractivity contribution in [3.63, 3.8) is 0 Å². The second-order valence-corrected chi connectivity index (χ2v) is 5.55. The topological polar surface area (TPSA) is 111 Å². The number of aryl methyl sites for hydroxylation is 1. The van der Waals surface area contributed by atoms with Crippen LogP contribution in [0.2, 0.25) is 0 Å². The van der Waals surface area contributed by atoms with Crippen molar-refractivity contribution in [3.05, 3.63) is 35.0 Å². The summed E-state index contributed by atoms with van der Waals surface area (Å²) in [5, 5.41) is 11.9. The van der Waals surface area contributed by atoms with E-state index in [0.717, 1.165) is 6.20 Å². The predicted molar refractivity (Wildman–Crippen MR) is 82.7 cm³/mol. The normalized spacial score (nSPS) is 16.1. The zero-order valence-electron chi connectivity index (χ0n) is 13.6. The van der Waals surface area contributed by atoms with Gasteiger partial charge in [-0.2, -0.15) is 0 Å². The summed E-state index contributed by atoms with van der Waals surface area (Å²) in [5.74, 6) is -3.83. The summed E-state index contributed by atoms with van der Waals surface area (Å²) in [7, 11) is 1.43. The third-order valence-corrected chi connectivity index (χ3v) is 3.25. The van der Waals surface area contributed by atoms with Crippen LogP contribution in [0.3, 0.4) is 0 Å². The molecule has 2 rings (SSSR count). The van der Waals surface area contributed by atoms with Crippen LogP contribution in [-0.2, 0) is 19.1 Å². The third-order valence-electron chi connectivity index (χ3n) is 3.25. The van der Waals surface area contributed by atoms with Crippen LogP contribution in [0.5, 0.6) is 5.75 Å². The Bertz CT molecular complexity index is 727. The molecule has 0 unspecified atom stereocenters. The van der Waals surface area contributed by atoms with Gasteiger partial charge in [-0.3, -0.25) is 0 Å². The lowest BCUT2D eigenvalue weighted by Crippen LogP contribution is -2.42. The number of anilines is 1. The average Bonchev–Trinajstić information content (AvgIpc) is 2.44. The first-order valence-corrected chi connectivity index (χ1v) is 7.00. The lowest BCUT2D eigenvalue weighted by molar-refractivity contribution is -0.222. The maximum Gasteiger partial charge on any atom is 0.350 e.